The Hall–Kier alpha value is -1.39. The van der Waals surface area contributed by atoms with Crippen molar-refractivity contribution >= 4 is 5.97 Å². The fourth-order valence-corrected chi connectivity index (χ4v) is 2.66. The second-order valence-corrected chi connectivity index (χ2v) is 5.89. The molecule has 1 aliphatic rings. The maximum atomic E-state index is 10.8. The minimum atomic E-state index is -0.742. The molecule has 0 unspecified atom stereocenters. The van der Waals surface area contributed by atoms with Gasteiger partial charge in [0, 0.05) is 19.6 Å². The van der Waals surface area contributed by atoms with Crippen LogP contribution in [0.5, 0.6) is 0 Å². The zero-order valence-electron chi connectivity index (χ0n) is 12.4. The Bertz CT molecular complexity index is 442. The van der Waals surface area contributed by atoms with Gasteiger partial charge in [0.25, 0.3) is 0 Å². The second kappa shape index (κ2) is 6.86. The summed E-state index contributed by atoms with van der Waals surface area (Å²) in [5, 5.41) is 8.86. The third kappa shape index (κ3) is 4.32. The van der Waals surface area contributed by atoms with Gasteiger partial charge in [-0.25, -0.2) is 0 Å². The number of hydrogen-bond donors (Lipinski definition) is 1. The maximum Gasteiger partial charge on any atom is 0.317 e. The molecule has 1 fully saturated rings. The average Bonchev–Trinajstić information content (AvgIpc) is 2.39. The number of benzene rings is 1. The highest BCUT2D eigenvalue weighted by molar-refractivity contribution is 5.69. The standard InChI is InChI=1S/C16H24N2O2/c1-13(2)15-6-4-14(5-7-15)10-17-8-3-9-18(12-17)11-16(19)20/h4-7,13H,3,8-12H2,1-2H3,(H,19,20). The first-order chi connectivity index (χ1) is 9.54. The van der Waals surface area contributed by atoms with E-state index in [4.69, 9.17) is 5.11 Å². The van der Waals surface area contributed by atoms with E-state index in [0.717, 1.165) is 32.7 Å². The summed E-state index contributed by atoms with van der Waals surface area (Å²) >= 11 is 0. The lowest BCUT2D eigenvalue weighted by Gasteiger charge is -2.34. The molecule has 0 saturated carbocycles. The van der Waals surface area contributed by atoms with Gasteiger partial charge in [-0.1, -0.05) is 38.1 Å². The molecular formula is C16H24N2O2. The van der Waals surface area contributed by atoms with Crippen LogP contribution < -0.4 is 0 Å². The van der Waals surface area contributed by atoms with E-state index >= 15 is 0 Å². The zero-order valence-corrected chi connectivity index (χ0v) is 12.4. The average molecular weight is 276 g/mol. The van der Waals surface area contributed by atoms with E-state index in [2.05, 4.69) is 43.0 Å². The Labute approximate surface area is 121 Å². The predicted octanol–water partition coefficient (Wildman–Crippen LogP) is 2.36. The van der Waals surface area contributed by atoms with Crippen LogP contribution in [0.15, 0.2) is 24.3 Å². The predicted molar refractivity (Wildman–Crippen MR) is 79.6 cm³/mol. The largest absolute Gasteiger partial charge is 0.480 e. The first-order valence-electron chi connectivity index (χ1n) is 7.30. The molecule has 2 rings (SSSR count). The molecule has 1 heterocycles. The van der Waals surface area contributed by atoms with Crippen LogP contribution in [0, 0.1) is 0 Å². The molecule has 1 aliphatic heterocycles. The van der Waals surface area contributed by atoms with Crippen molar-refractivity contribution in [2.24, 2.45) is 0 Å². The zero-order chi connectivity index (χ0) is 14.5. The molecule has 0 spiro atoms. The van der Waals surface area contributed by atoms with Gasteiger partial charge in [0.15, 0.2) is 0 Å². The third-order valence-electron chi connectivity index (χ3n) is 3.76. The molecule has 0 atom stereocenters. The van der Waals surface area contributed by atoms with E-state index in [0.29, 0.717) is 5.92 Å². The molecule has 4 heteroatoms. The Morgan fingerprint density at radius 3 is 2.45 bits per heavy atom. The number of nitrogens with zero attached hydrogens (tertiary/aromatic N) is 2. The molecule has 1 N–H and O–H groups in total. The number of rotatable bonds is 5. The molecule has 20 heavy (non-hydrogen) atoms. The van der Waals surface area contributed by atoms with Gasteiger partial charge >= 0.3 is 5.97 Å². The van der Waals surface area contributed by atoms with Crippen LogP contribution in [0.25, 0.3) is 0 Å². The minimum absolute atomic E-state index is 0.142. The van der Waals surface area contributed by atoms with Crippen molar-refractivity contribution in [1.29, 1.82) is 0 Å². The molecule has 1 aromatic rings. The first-order valence-corrected chi connectivity index (χ1v) is 7.30. The summed E-state index contributed by atoms with van der Waals surface area (Å²) in [5.41, 5.74) is 2.66. The van der Waals surface area contributed by atoms with Gasteiger partial charge in [0.1, 0.15) is 0 Å². The Morgan fingerprint density at radius 1 is 1.20 bits per heavy atom. The number of hydrogen-bond acceptors (Lipinski definition) is 3. The van der Waals surface area contributed by atoms with Crippen molar-refractivity contribution < 1.29 is 9.90 Å². The molecule has 0 bridgehead atoms. The van der Waals surface area contributed by atoms with Gasteiger partial charge in [-0.15, -0.1) is 0 Å². The molecule has 0 aliphatic carbocycles. The van der Waals surface area contributed by atoms with Crippen LogP contribution in [0.4, 0.5) is 0 Å². The van der Waals surface area contributed by atoms with Crippen molar-refractivity contribution in [3.8, 4) is 0 Å². The van der Waals surface area contributed by atoms with Gasteiger partial charge in [-0.2, -0.15) is 0 Å². The quantitative estimate of drug-likeness (QED) is 0.896. The summed E-state index contributed by atoms with van der Waals surface area (Å²) in [5.74, 6) is -0.182. The van der Waals surface area contributed by atoms with Gasteiger partial charge in [0.2, 0.25) is 0 Å². The smallest absolute Gasteiger partial charge is 0.317 e. The highest BCUT2D eigenvalue weighted by Gasteiger charge is 2.19. The highest BCUT2D eigenvalue weighted by atomic mass is 16.4. The van der Waals surface area contributed by atoms with E-state index in [-0.39, 0.29) is 6.54 Å². The number of carbonyl (C=O) groups is 1. The van der Waals surface area contributed by atoms with E-state index in [1.807, 2.05) is 4.90 Å². The molecule has 0 aromatic heterocycles. The number of carboxylic acids is 1. The second-order valence-electron chi connectivity index (χ2n) is 5.89. The summed E-state index contributed by atoms with van der Waals surface area (Å²) < 4.78 is 0. The monoisotopic (exact) mass is 276 g/mol. The van der Waals surface area contributed by atoms with Gasteiger partial charge in [-0.05, 0) is 23.5 Å². The van der Waals surface area contributed by atoms with Crippen LogP contribution in [-0.2, 0) is 11.3 Å². The van der Waals surface area contributed by atoms with Crippen LogP contribution >= 0.6 is 0 Å². The highest BCUT2D eigenvalue weighted by Crippen LogP contribution is 2.16. The summed E-state index contributed by atoms with van der Waals surface area (Å²) in [6.45, 7) is 8.11. The summed E-state index contributed by atoms with van der Waals surface area (Å²) in [6, 6.07) is 8.76. The number of aliphatic carboxylic acids is 1. The molecule has 0 radical (unpaired) electrons. The van der Waals surface area contributed by atoms with Crippen molar-refractivity contribution in [3.63, 3.8) is 0 Å². The molecule has 1 saturated heterocycles. The Kier molecular flexibility index (Phi) is 5.15. The Balaban J connectivity index is 1.90. The summed E-state index contributed by atoms with van der Waals surface area (Å²) in [7, 11) is 0. The number of carboxylic acid groups (broad SMARTS) is 1. The molecule has 110 valence electrons. The summed E-state index contributed by atoms with van der Waals surface area (Å²) in [6.07, 6.45) is 1.04. The topological polar surface area (TPSA) is 43.8 Å². The molecule has 4 nitrogen and oxygen atoms in total. The lowest BCUT2D eigenvalue weighted by atomic mass is 10.0. The Morgan fingerprint density at radius 2 is 1.85 bits per heavy atom. The van der Waals surface area contributed by atoms with E-state index in [9.17, 15) is 4.79 Å². The van der Waals surface area contributed by atoms with Gasteiger partial charge in [0.05, 0.1) is 13.2 Å². The van der Waals surface area contributed by atoms with Crippen LogP contribution in [-0.4, -0.2) is 47.2 Å². The SMILES string of the molecule is CC(C)c1ccc(CN2CCCN(CC(=O)O)C2)cc1. The van der Waals surface area contributed by atoms with Crippen molar-refractivity contribution in [2.75, 3.05) is 26.3 Å². The van der Waals surface area contributed by atoms with Gasteiger partial charge < -0.3 is 5.11 Å². The molecular weight excluding hydrogens is 252 g/mol. The first kappa shape index (κ1) is 15.0. The summed E-state index contributed by atoms with van der Waals surface area (Å²) in [4.78, 5) is 15.1. The fourth-order valence-electron chi connectivity index (χ4n) is 2.66. The lowest BCUT2D eigenvalue weighted by Crippen LogP contribution is -2.46. The van der Waals surface area contributed by atoms with Crippen molar-refractivity contribution in [3.05, 3.63) is 35.4 Å². The lowest BCUT2D eigenvalue weighted by molar-refractivity contribution is -0.139. The van der Waals surface area contributed by atoms with E-state index in [1.54, 1.807) is 0 Å². The third-order valence-corrected chi connectivity index (χ3v) is 3.76. The maximum absolute atomic E-state index is 10.8. The van der Waals surface area contributed by atoms with Crippen molar-refractivity contribution in [1.82, 2.24) is 9.80 Å². The fraction of sp³-hybridized carbons (Fsp3) is 0.562. The normalized spacial score (nSPS) is 17.6. The van der Waals surface area contributed by atoms with Crippen LogP contribution in [0.1, 0.15) is 37.3 Å². The van der Waals surface area contributed by atoms with Gasteiger partial charge in [-0.3, -0.25) is 14.6 Å². The van der Waals surface area contributed by atoms with E-state index < -0.39 is 5.97 Å². The van der Waals surface area contributed by atoms with Crippen LogP contribution in [0.3, 0.4) is 0 Å². The molecule has 0 amide bonds. The van der Waals surface area contributed by atoms with Crippen LogP contribution in [0.2, 0.25) is 0 Å². The van der Waals surface area contributed by atoms with Crippen molar-refractivity contribution in [2.45, 2.75) is 32.7 Å². The van der Waals surface area contributed by atoms with E-state index in [1.165, 1.54) is 11.1 Å². The minimum Gasteiger partial charge on any atom is -0.480 e. The molecule has 1 aromatic carbocycles.